The third-order valence-corrected chi connectivity index (χ3v) is 6.45. The van der Waals surface area contributed by atoms with E-state index in [0.29, 0.717) is 43.5 Å². The molecule has 0 aliphatic heterocycles. The highest BCUT2D eigenvalue weighted by atomic mass is 79.9. The molecule has 0 saturated heterocycles. The predicted molar refractivity (Wildman–Crippen MR) is 185 cm³/mol. The molecule has 15 heteroatoms. The van der Waals surface area contributed by atoms with Crippen LogP contribution in [0.2, 0.25) is 0 Å². The van der Waals surface area contributed by atoms with E-state index in [-0.39, 0.29) is 19.4 Å². The summed E-state index contributed by atoms with van der Waals surface area (Å²) in [5.41, 5.74) is 6.19. The summed E-state index contributed by atoms with van der Waals surface area (Å²) < 4.78 is 96.6. The van der Waals surface area contributed by atoms with Crippen molar-refractivity contribution >= 4 is 33.0 Å². The van der Waals surface area contributed by atoms with Gasteiger partial charge in [0.15, 0.2) is 0 Å². The Morgan fingerprint density at radius 2 is 1.10 bits per heavy atom. The molecule has 0 spiro atoms. The van der Waals surface area contributed by atoms with Crippen LogP contribution < -0.4 is 11.1 Å². The van der Waals surface area contributed by atoms with Gasteiger partial charge in [0.05, 0.1) is 34.4 Å². The molecule has 0 amide bonds. The Bertz CT molecular complexity index is 1500. The van der Waals surface area contributed by atoms with Crippen molar-refractivity contribution in [1.82, 2.24) is 9.97 Å². The van der Waals surface area contributed by atoms with Gasteiger partial charge in [-0.25, -0.2) is 0 Å². The molecule has 2 aromatic carbocycles. The van der Waals surface area contributed by atoms with Gasteiger partial charge in [-0.3, -0.25) is 9.97 Å². The molecule has 4 rings (SSSR count). The van der Waals surface area contributed by atoms with Crippen LogP contribution in [0.3, 0.4) is 0 Å². The number of pyridine rings is 2. The first-order valence-corrected chi connectivity index (χ1v) is 15.9. The van der Waals surface area contributed by atoms with Gasteiger partial charge in [-0.05, 0) is 104 Å². The van der Waals surface area contributed by atoms with Crippen LogP contribution >= 0.6 is 15.9 Å². The van der Waals surface area contributed by atoms with Gasteiger partial charge in [0.1, 0.15) is 0 Å². The molecule has 0 unspecified atom stereocenters. The van der Waals surface area contributed by atoms with E-state index in [4.69, 9.17) is 24.7 Å². The molecule has 0 saturated carbocycles. The number of nitrogens with two attached hydrogens (primary N) is 1. The zero-order valence-corrected chi connectivity index (χ0v) is 28.9. The van der Waals surface area contributed by atoms with E-state index in [1.54, 1.807) is 24.4 Å². The van der Waals surface area contributed by atoms with Crippen LogP contribution in [0.15, 0.2) is 89.7 Å². The zero-order chi connectivity index (χ0) is 36.5. The molecule has 3 N–H and O–H groups in total. The van der Waals surface area contributed by atoms with Crippen molar-refractivity contribution in [1.29, 1.82) is 0 Å². The van der Waals surface area contributed by atoms with Crippen molar-refractivity contribution in [3.05, 3.63) is 112 Å². The molecule has 0 atom stereocenters. The Labute approximate surface area is 297 Å². The summed E-state index contributed by atoms with van der Waals surface area (Å²) in [6.45, 7) is 9.78. The van der Waals surface area contributed by atoms with E-state index in [1.807, 2.05) is 39.8 Å². The van der Waals surface area contributed by atoms with Gasteiger partial charge in [-0.1, -0.05) is 19.6 Å². The SMILES string of the molecule is C.CCOC(OCC)c1ccc(Br)cn1.CCOC(OCC)c1ccc(Nc2cccc(C(F)(F)F)c2)cn1.Nc1cccc(C(F)(F)F)c1. The number of alkyl halides is 6. The Hall–Kier alpha value is -3.76. The highest BCUT2D eigenvalue weighted by Gasteiger charge is 2.31. The number of nitrogens with zero attached hydrogens (tertiary/aromatic N) is 2. The lowest BCUT2D eigenvalue weighted by atomic mass is 10.2. The lowest BCUT2D eigenvalue weighted by Crippen LogP contribution is -2.10. The maximum absolute atomic E-state index is 12.7. The zero-order valence-electron chi connectivity index (χ0n) is 27.3. The quantitative estimate of drug-likeness (QED) is 0.0833. The molecular weight excluding hydrogens is 734 g/mol. The first-order valence-electron chi connectivity index (χ1n) is 15.1. The summed E-state index contributed by atoms with van der Waals surface area (Å²) in [4.78, 5) is 8.47. The summed E-state index contributed by atoms with van der Waals surface area (Å²) in [5, 5.41) is 2.90. The number of hydrogen-bond acceptors (Lipinski definition) is 8. The number of benzene rings is 2. The van der Waals surface area contributed by atoms with Crippen molar-refractivity contribution in [2.45, 2.75) is 60.1 Å². The number of hydrogen-bond donors (Lipinski definition) is 2. The molecule has 0 radical (unpaired) electrons. The van der Waals surface area contributed by atoms with E-state index in [1.165, 1.54) is 24.4 Å². The van der Waals surface area contributed by atoms with Gasteiger partial charge in [-0.2, -0.15) is 26.3 Å². The third-order valence-electron chi connectivity index (χ3n) is 5.98. The number of nitrogen functional groups attached to an aromatic ring is 1. The second-order valence-corrected chi connectivity index (χ2v) is 10.6. The molecule has 8 nitrogen and oxygen atoms in total. The van der Waals surface area contributed by atoms with Gasteiger partial charge in [-0.15, -0.1) is 0 Å². The van der Waals surface area contributed by atoms with Crippen molar-refractivity contribution in [2.24, 2.45) is 0 Å². The van der Waals surface area contributed by atoms with Gasteiger partial charge in [0.25, 0.3) is 0 Å². The lowest BCUT2D eigenvalue weighted by molar-refractivity contribution is -0.142. The topological polar surface area (TPSA) is 101 Å². The van der Waals surface area contributed by atoms with Crippen molar-refractivity contribution in [2.75, 3.05) is 37.5 Å². The fraction of sp³-hybridized carbons (Fsp3) is 0.371. The Balaban J connectivity index is 0.000000408. The van der Waals surface area contributed by atoms with Crippen LogP contribution in [-0.4, -0.2) is 36.4 Å². The second kappa shape index (κ2) is 22.1. The van der Waals surface area contributed by atoms with Gasteiger partial charge >= 0.3 is 12.4 Å². The number of rotatable bonds is 12. The highest BCUT2D eigenvalue weighted by Crippen LogP contribution is 2.32. The monoisotopic (exact) mass is 776 g/mol. The number of halogens is 7. The summed E-state index contributed by atoms with van der Waals surface area (Å²) in [7, 11) is 0. The molecule has 2 heterocycles. The fourth-order valence-corrected chi connectivity index (χ4v) is 4.08. The summed E-state index contributed by atoms with van der Waals surface area (Å²) in [5.74, 6) is 0. The first kappa shape index (κ1) is 44.3. The maximum Gasteiger partial charge on any atom is 0.416 e. The average molecular weight is 778 g/mol. The summed E-state index contributed by atoms with van der Waals surface area (Å²) in [6, 6.07) is 16.8. The van der Waals surface area contributed by atoms with Crippen LogP contribution in [0.5, 0.6) is 0 Å². The molecule has 2 aromatic heterocycles. The molecule has 50 heavy (non-hydrogen) atoms. The first-order chi connectivity index (χ1) is 23.2. The average Bonchev–Trinajstić information content (AvgIpc) is 3.05. The van der Waals surface area contributed by atoms with E-state index in [2.05, 4.69) is 31.2 Å². The van der Waals surface area contributed by atoms with Gasteiger partial charge in [0, 0.05) is 48.5 Å². The molecule has 0 aliphatic carbocycles. The van der Waals surface area contributed by atoms with Crippen LogP contribution in [0.1, 0.15) is 70.2 Å². The summed E-state index contributed by atoms with van der Waals surface area (Å²) >= 11 is 3.33. The van der Waals surface area contributed by atoms with E-state index >= 15 is 0 Å². The second-order valence-electron chi connectivity index (χ2n) is 9.69. The third kappa shape index (κ3) is 15.9. The van der Waals surface area contributed by atoms with E-state index in [9.17, 15) is 26.3 Å². The fourth-order valence-electron chi connectivity index (χ4n) is 3.84. The van der Waals surface area contributed by atoms with E-state index in [0.717, 1.165) is 34.4 Å². The largest absolute Gasteiger partial charge is 0.416 e. The normalized spacial score (nSPS) is 11.2. The molecule has 4 aromatic rings. The minimum absolute atomic E-state index is 0. The minimum Gasteiger partial charge on any atom is -0.399 e. The molecule has 0 bridgehead atoms. The van der Waals surface area contributed by atoms with E-state index < -0.39 is 29.8 Å². The molecule has 276 valence electrons. The van der Waals surface area contributed by atoms with Crippen molar-refractivity contribution in [3.8, 4) is 0 Å². The van der Waals surface area contributed by atoms with Crippen molar-refractivity contribution in [3.63, 3.8) is 0 Å². The number of nitrogens with one attached hydrogen (secondary N) is 1. The van der Waals surface area contributed by atoms with Crippen LogP contribution in [-0.2, 0) is 31.3 Å². The van der Waals surface area contributed by atoms with Crippen molar-refractivity contribution < 1.29 is 45.3 Å². The molecule has 0 fully saturated rings. The Morgan fingerprint density at radius 3 is 1.48 bits per heavy atom. The van der Waals surface area contributed by atoms with Crippen LogP contribution in [0.25, 0.3) is 0 Å². The van der Waals surface area contributed by atoms with Crippen LogP contribution in [0.4, 0.5) is 43.4 Å². The molecular formula is C35H43BrF6N4O4. The highest BCUT2D eigenvalue weighted by molar-refractivity contribution is 9.10. The van der Waals surface area contributed by atoms with Gasteiger partial charge < -0.3 is 30.0 Å². The predicted octanol–water partition coefficient (Wildman–Crippen LogP) is 10.8. The Kier molecular flexibility index (Phi) is 19.6. The Morgan fingerprint density at radius 1 is 0.640 bits per heavy atom. The van der Waals surface area contributed by atoms with Gasteiger partial charge in [0.2, 0.25) is 12.6 Å². The lowest BCUT2D eigenvalue weighted by Gasteiger charge is -2.16. The molecule has 0 aliphatic rings. The number of aromatic nitrogens is 2. The smallest absolute Gasteiger partial charge is 0.399 e. The maximum atomic E-state index is 12.7. The standard InChI is InChI=1S/C17H19F3N2O2.C10H14BrNO2.C7H6F3N.CH4/c1-3-23-16(24-4-2)15-9-8-14(11-21-15)22-13-7-5-6-12(10-13)17(18,19)20;1-3-13-10(14-4-2)9-6-5-8(11)7-12-9;8-7(9,10)5-2-1-3-6(11)4-5;/h5-11,16,22H,3-4H2,1-2H3;5-7,10H,3-4H2,1-2H3;1-4H,11H2;1H4. The number of anilines is 3. The summed E-state index contributed by atoms with van der Waals surface area (Å²) in [6.07, 6.45) is -6.31. The minimum atomic E-state index is -4.37. The van der Waals surface area contributed by atoms with Crippen LogP contribution in [0, 0.1) is 0 Å². The number of ether oxygens (including phenoxy) is 4.